The average Bonchev–Trinajstić information content (AvgIpc) is 3.33. The number of amides is 1. The van der Waals surface area contributed by atoms with E-state index in [-0.39, 0.29) is 17.2 Å². The summed E-state index contributed by atoms with van der Waals surface area (Å²) in [7, 11) is 0. The van der Waals surface area contributed by atoms with E-state index in [2.05, 4.69) is 25.6 Å². The maximum Gasteiger partial charge on any atom is 0.416 e. The van der Waals surface area contributed by atoms with Crippen molar-refractivity contribution in [3.05, 3.63) is 95.2 Å². The van der Waals surface area contributed by atoms with E-state index >= 15 is 0 Å². The Morgan fingerprint density at radius 1 is 1.14 bits per heavy atom. The highest BCUT2D eigenvalue weighted by Gasteiger charge is 2.31. The number of halogens is 4. The van der Waals surface area contributed by atoms with Crippen LogP contribution in [0, 0.1) is 12.7 Å². The number of carbonyl (C=O) groups is 1. The molecule has 1 atom stereocenters. The zero-order valence-electron chi connectivity index (χ0n) is 18.9. The largest absolute Gasteiger partial charge is 0.416 e. The van der Waals surface area contributed by atoms with Gasteiger partial charge in [0, 0.05) is 23.6 Å². The normalized spacial score (nSPS) is 12.3. The summed E-state index contributed by atoms with van der Waals surface area (Å²) in [6.45, 7) is 1.18. The van der Waals surface area contributed by atoms with Gasteiger partial charge in [0.2, 0.25) is 5.95 Å². The van der Waals surface area contributed by atoms with Crippen molar-refractivity contribution in [2.45, 2.75) is 19.1 Å². The Hall–Kier alpha value is -4.25. The summed E-state index contributed by atoms with van der Waals surface area (Å²) in [4.78, 5) is 24.3. The first-order chi connectivity index (χ1) is 17.1. The van der Waals surface area contributed by atoms with Crippen LogP contribution >= 0.6 is 0 Å². The second kappa shape index (κ2) is 10.2. The van der Waals surface area contributed by atoms with Crippen LogP contribution in [0.1, 0.15) is 33.2 Å². The molecular weight excluding hydrogens is 478 g/mol. The van der Waals surface area contributed by atoms with Crippen molar-refractivity contribution in [3.63, 3.8) is 0 Å². The Balaban J connectivity index is 1.52. The molecule has 0 radical (unpaired) electrons. The molecule has 1 unspecified atom stereocenters. The molecule has 0 saturated heterocycles. The first-order valence-electron chi connectivity index (χ1n) is 10.8. The Morgan fingerprint density at radius 3 is 2.64 bits per heavy atom. The topological polar surface area (TPSA) is 103 Å². The molecule has 2 aromatic carbocycles. The lowest BCUT2D eigenvalue weighted by Gasteiger charge is -2.18. The predicted molar refractivity (Wildman–Crippen MR) is 125 cm³/mol. The molecule has 36 heavy (non-hydrogen) atoms. The van der Waals surface area contributed by atoms with Crippen molar-refractivity contribution in [1.29, 1.82) is 0 Å². The number of aliphatic hydroxyl groups excluding tert-OH is 1. The molecule has 0 bridgehead atoms. The third kappa shape index (κ3) is 5.69. The molecule has 1 amide bonds. The van der Waals surface area contributed by atoms with Crippen molar-refractivity contribution >= 4 is 17.5 Å². The molecule has 4 rings (SSSR count). The fourth-order valence-electron chi connectivity index (χ4n) is 3.55. The summed E-state index contributed by atoms with van der Waals surface area (Å²) >= 11 is 0. The van der Waals surface area contributed by atoms with Crippen molar-refractivity contribution in [2.75, 3.05) is 11.9 Å². The number of H-pyrrole nitrogens is 1. The smallest absolute Gasteiger partial charge is 0.394 e. The molecule has 0 spiro atoms. The number of benzene rings is 2. The van der Waals surface area contributed by atoms with Crippen LogP contribution in [0.3, 0.4) is 0 Å². The Bertz CT molecular complexity index is 1390. The summed E-state index contributed by atoms with van der Waals surface area (Å²) in [5, 5.41) is 15.2. The van der Waals surface area contributed by atoms with Crippen LogP contribution < -0.4 is 10.6 Å². The van der Waals surface area contributed by atoms with Gasteiger partial charge < -0.3 is 20.7 Å². The Kier molecular flexibility index (Phi) is 7.02. The van der Waals surface area contributed by atoms with E-state index in [0.717, 1.165) is 12.1 Å². The van der Waals surface area contributed by atoms with E-state index in [4.69, 9.17) is 0 Å². The van der Waals surface area contributed by atoms with E-state index in [1.807, 2.05) is 0 Å². The first kappa shape index (κ1) is 24.9. The minimum Gasteiger partial charge on any atom is -0.394 e. The van der Waals surface area contributed by atoms with Gasteiger partial charge in [0.15, 0.2) is 0 Å². The number of anilines is 2. The van der Waals surface area contributed by atoms with E-state index < -0.39 is 36.1 Å². The second-order valence-electron chi connectivity index (χ2n) is 7.99. The quantitative estimate of drug-likeness (QED) is 0.264. The number of aromatic amines is 1. The van der Waals surface area contributed by atoms with Gasteiger partial charge in [-0.15, -0.1) is 0 Å². The minimum absolute atomic E-state index is 0.118. The number of carbonyl (C=O) groups excluding carboxylic acids is 1. The summed E-state index contributed by atoms with van der Waals surface area (Å²) in [5.41, 5.74) is 1.60. The lowest BCUT2D eigenvalue weighted by molar-refractivity contribution is -0.137. The molecule has 186 valence electrons. The van der Waals surface area contributed by atoms with Crippen molar-refractivity contribution in [3.8, 4) is 11.3 Å². The van der Waals surface area contributed by atoms with Crippen molar-refractivity contribution < 1.29 is 27.5 Å². The van der Waals surface area contributed by atoms with Crippen molar-refractivity contribution in [2.24, 2.45) is 0 Å². The second-order valence-corrected chi connectivity index (χ2v) is 7.99. The molecule has 11 heteroatoms. The number of alkyl halides is 3. The molecule has 0 fully saturated rings. The van der Waals surface area contributed by atoms with Crippen LogP contribution in [0.15, 0.2) is 67.0 Å². The van der Waals surface area contributed by atoms with Gasteiger partial charge >= 0.3 is 6.18 Å². The van der Waals surface area contributed by atoms with Gasteiger partial charge in [-0.25, -0.2) is 14.4 Å². The van der Waals surface area contributed by atoms with Crippen LogP contribution in [0.2, 0.25) is 0 Å². The molecule has 2 aromatic heterocycles. The highest BCUT2D eigenvalue weighted by Crippen LogP contribution is 2.31. The number of aryl methyl sites for hydroxylation is 1. The fraction of sp³-hybridized carbons (Fsp3) is 0.160. The van der Waals surface area contributed by atoms with E-state index in [1.165, 1.54) is 30.3 Å². The maximum absolute atomic E-state index is 13.5. The minimum atomic E-state index is -4.55. The number of nitrogens with zero attached hydrogens (tertiary/aromatic N) is 2. The molecule has 0 aliphatic carbocycles. The van der Waals surface area contributed by atoms with Gasteiger partial charge in [-0.2, -0.15) is 13.2 Å². The van der Waals surface area contributed by atoms with Gasteiger partial charge in [0.1, 0.15) is 11.5 Å². The van der Waals surface area contributed by atoms with Crippen LogP contribution in [-0.4, -0.2) is 32.6 Å². The lowest BCUT2D eigenvalue weighted by Crippen LogP contribution is -2.31. The van der Waals surface area contributed by atoms with Crippen LogP contribution in [0.25, 0.3) is 11.3 Å². The number of hydrogen-bond donors (Lipinski definition) is 4. The highest BCUT2D eigenvalue weighted by atomic mass is 19.4. The highest BCUT2D eigenvalue weighted by molar-refractivity contribution is 5.94. The molecular formula is C25H21F4N5O2. The number of aliphatic hydroxyl groups is 1. The Labute approximate surface area is 203 Å². The number of rotatable bonds is 7. The summed E-state index contributed by atoms with van der Waals surface area (Å²) < 4.78 is 52.6. The third-order valence-electron chi connectivity index (χ3n) is 5.36. The van der Waals surface area contributed by atoms with Crippen LogP contribution in [0.5, 0.6) is 0 Å². The van der Waals surface area contributed by atoms with Gasteiger partial charge in [-0.05, 0) is 54.4 Å². The molecule has 4 N–H and O–H groups in total. The molecule has 0 saturated carbocycles. The van der Waals surface area contributed by atoms with Gasteiger partial charge in [0.25, 0.3) is 5.91 Å². The van der Waals surface area contributed by atoms with E-state index in [9.17, 15) is 27.5 Å². The fourth-order valence-corrected chi connectivity index (χ4v) is 3.55. The standard InChI is InChI=1S/C25H21F4N5O2/c1-14-11-31-24(32-19-7-3-6-18(26)10-19)34-22(14)16-9-20(30-12-16)23(36)33-21(13-35)15-4-2-5-17(8-15)25(27,28)29/h2-12,21,30,35H,13H2,1H3,(H,33,36)(H,31,32,34). The van der Waals surface area contributed by atoms with Crippen molar-refractivity contribution in [1.82, 2.24) is 20.3 Å². The predicted octanol–water partition coefficient (Wildman–Crippen LogP) is 5.15. The van der Waals surface area contributed by atoms with Gasteiger partial charge in [-0.1, -0.05) is 18.2 Å². The monoisotopic (exact) mass is 499 g/mol. The lowest BCUT2D eigenvalue weighted by atomic mass is 10.0. The van der Waals surface area contributed by atoms with Gasteiger partial charge in [-0.3, -0.25) is 4.79 Å². The average molecular weight is 499 g/mol. The van der Waals surface area contributed by atoms with E-state index in [1.54, 1.807) is 31.5 Å². The Morgan fingerprint density at radius 2 is 1.92 bits per heavy atom. The molecule has 0 aliphatic heterocycles. The third-order valence-corrected chi connectivity index (χ3v) is 5.36. The number of aromatic nitrogens is 3. The molecule has 2 heterocycles. The molecule has 4 aromatic rings. The zero-order valence-corrected chi connectivity index (χ0v) is 18.9. The maximum atomic E-state index is 13.5. The SMILES string of the molecule is Cc1cnc(Nc2cccc(F)c2)nc1-c1c[nH]c(C(=O)NC(CO)c2cccc(C(F)(F)F)c2)c1. The summed E-state index contributed by atoms with van der Waals surface area (Å²) in [6, 6.07) is 10.7. The molecule has 0 aliphatic rings. The van der Waals surface area contributed by atoms with Crippen LogP contribution in [-0.2, 0) is 6.18 Å². The number of nitrogens with one attached hydrogen (secondary N) is 3. The number of hydrogen-bond acceptors (Lipinski definition) is 5. The van der Waals surface area contributed by atoms with Gasteiger partial charge in [0.05, 0.1) is 23.9 Å². The van der Waals surface area contributed by atoms with Crippen LogP contribution in [0.4, 0.5) is 29.2 Å². The summed E-state index contributed by atoms with van der Waals surface area (Å²) in [6.07, 6.45) is -1.42. The zero-order chi connectivity index (χ0) is 25.9. The van der Waals surface area contributed by atoms with E-state index in [0.29, 0.717) is 22.5 Å². The first-order valence-corrected chi connectivity index (χ1v) is 10.8. The summed E-state index contributed by atoms with van der Waals surface area (Å²) in [5.74, 6) is -0.819. The molecule has 7 nitrogen and oxygen atoms in total.